The second-order valence-corrected chi connectivity index (χ2v) is 6.19. The summed E-state index contributed by atoms with van der Waals surface area (Å²) in [4.78, 5) is 10.7. The minimum Gasteiger partial charge on any atom is -0.492 e. The minimum absolute atomic E-state index is 0.634. The summed E-state index contributed by atoms with van der Waals surface area (Å²) in [5.74, 6) is 0.469. The molecule has 0 aliphatic heterocycles. The van der Waals surface area contributed by atoms with E-state index in [0.717, 1.165) is 34.0 Å². The van der Waals surface area contributed by atoms with Gasteiger partial charge in [0.05, 0.1) is 6.61 Å². The Balaban J connectivity index is 2.17. The highest BCUT2D eigenvalue weighted by Gasteiger charge is 2.17. The van der Waals surface area contributed by atoms with Crippen LogP contribution in [0.2, 0.25) is 0 Å². The van der Waals surface area contributed by atoms with Gasteiger partial charge in [-0.1, -0.05) is 28.8 Å². The third kappa shape index (κ3) is 4.10. The van der Waals surface area contributed by atoms with Gasteiger partial charge in [0.25, 0.3) is 0 Å². The van der Waals surface area contributed by atoms with E-state index in [9.17, 15) is 4.79 Å². The summed E-state index contributed by atoms with van der Waals surface area (Å²) in [6.07, 6.45) is 7.78. The number of hydrogen-bond acceptors (Lipinski definition) is 2. The van der Waals surface area contributed by atoms with E-state index in [1.165, 1.54) is 25.7 Å². The first kappa shape index (κ1) is 15.1. The molecular formula is C16H19BrO3. The predicted octanol–water partition coefficient (Wildman–Crippen LogP) is 4.42. The lowest BCUT2D eigenvalue weighted by molar-refractivity contribution is -0.131. The van der Waals surface area contributed by atoms with Crippen LogP contribution in [-0.2, 0) is 4.79 Å². The van der Waals surface area contributed by atoms with Gasteiger partial charge in [-0.05, 0) is 49.5 Å². The summed E-state index contributed by atoms with van der Waals surface area (Å²) in [5, 5.41) is 8.77. The Hall–Kier alpha value is -1.29. The van der Waals surface area contributed by atoms with Crippen LogP contribution in [0.1, 0.15) is 36.8 Å². The highest BCUT2D eigenvalue weighted by atomic mass is 79.9. The van der Waals surface area contributed by atoms with Crippen molar-refractivity contribution in [2.75, 3.05) is 6.61 Å². The number of carbonyl (C=O) groups is 1. The average molecular weight is 339 g/mol. The first-order chi connectivity index (χ1) is 9.56. The lowest BCUT2D eigenvalue weighted by atomic mass is 10.1. The highest BCUT2D eigenvalue weighted by Crippen LogP contribution is 2.31. The zero-order valence-corrected chi connectivity index (χ0v) is 13.1. The van der Waals surface area contributed by atoms with Crippen LogP contribution >= 0.6 is 15.9 Å². The van der Waals surface area contributed by atoms with Crippen molar-refractivity contribution < 1.29 is 14.6 Å². The van der Waals surface area contributed by atoms with Crippen LogP contribution in [0.5, 0.6) is 5.75 Å². The molecule has 0 amide bonds. The zero-order chi connectivity index (χ0) is 14.5. The van der Waals surface area contributed by atoms with E-state index in [4.69, 9.17) is 9.84 Å². The average Bonchev–Trinajstić information content (AvgIpc) is 2.88. The summed E-state index contributed by atoms with van der Waals surface area (Å²) in [6.45, 7) is 2.70. The van der Waals surface area contributed by atoms with Crippen molar-refractivity contribution in [2.24, 2.45) is 5.92 Å². The normalized spacial score (nSPS) is 15.9. The molecule has 1 aliphatic carbocycles. The first-order valence-electron chi connectivity index (χ1n) is 6.90. The van der Waals surface area contributed by atoms with Crippen LogP contribution in [0.25, 0.3) is 6.08 Å². The van der Waals surface area contributed by atoms with E-state index in [0.29, 0.717) is 5.92 Å². The van der Waals surface area contributed by atoms with Gasteiger partial charge in [0.2, 0.25) is 0 Å². The van der Waals surface area contributed by atoms with Gasteiger partial charge in [-0.2, -0.15) is 0 Å². The van der Waals surface area contributed by atoms with Gasteiger partial charge in [-0.3, -0.25) is 0 Å². The molecule has 1 aromatic rings. The van der Waals surface area contributed by atoms with Gasteiger partial charge in [-0.15, -0.1) is 0 Å². The Morgan fingerprint density at radius 1 is 1.45 bits per heavy atom. The number of aryl methyl sites for hydroxylation is 1. The van der Waals surface area contributed by atoms with E-state index >= 15 is 0 Å². The molecule has 0 unspecified atom stereocenters. The molecule has 1 saturated carbocycles. The van der Waals surface area contributed by atoms with Crippen LogP contribution in [0.15, 0.2) is 22.7 Å². The Kier molecular flexibility index (Phi) is 5.24. The SMILES string of the molecule is Cc1cc(Br)cc(/C=C/C(=O)O)c1OCC1CCCC1. The van der Waals surface area contributed by atoms with Gasteiger partial charge in [0.1, 0.15) is 5.75 Å². The number of carboxylic acid groups (broad SMARTS) is 1. The fourth-order valence-corrected chi connectivity index (χ4v) is 3.21. The molecule has 4 heteroatoms. The van der Waals surface area contributed by atoms with Gasteiger partial charge in [-0.25, -0.2) is 4.79 Å². The Labute approximate surface area is 127 Å². The molecule has 0 spiro atoms. The number of halogens is 1. The first-order valence-corrected chi connectivity index (χ1v) is 7.69. The van der Waals surface area contributed by atoms with E-state index in [1.807, 2.05) is 19.1 Å². The number of ether oxygens (including phenoxy) is 1. The van der Waals surface area contributed by atoms with Crippen molar-refractivity contribution in [1.29, 1.82) is 0 Å². The topological polar surface area (TPSA) is 46.5 Å². The fraction of sp³-hybridized carbons (Fsp3) is 0.438. The van der Waals surface area contributed by atoms with E-state index < -0.39 is 5.97 Å². The molecule has 2 rings (SSSR count). The standard InChI is InChI=1S/C16H19BrO3/c1-11-8-14(17)9-13(6-7-15(18)19)16(11)20-10-12-4-2-3-5-12/h6-9,12H,2-5,10H2,1H3,(H,18,19)/b7-6+. The molecule has 0 aromatic heterocycles. The van der Waals surface area contributed by atoms with Gasteiger partial charge < -0.3 is 9.84 Å². The number of benzene rings is 1. The highest BCUT2D eigenvalue weighted by molar-refractivity contribution is 9.10. The van der Waals surface area contributed by atoms with E-state index in [-0.39, 0.29) is 0 Å². The molecule has 0 bridgehead atoms. The molecule has 20 heavy (non-hydrogen) atoms. The number of hydrogen-bond donors (Lipinski definition) is 1. The molecule has 3 nitrogen and oxygen atoms in total. The largest absolute Gasteiger partial charge is 0.492 e. The maximum atomic E-state index is 10.7. The van der Waals surface area contributed by atoms with Crippen molar-refractivity contribution in [3.8, 4) is 5.75 Å². The van der Waals surface area contributed by atoms with Crippen molar-refractivity contribution in [3.63, 3.8) is 0 Å². The quantitative estimate of drug-likeness (QED) is 0.808. The summed E-state index contributed by atoms with van der Waals surface area (Å²) in [5.41, 5.74) is 1.82. The molecule has 1 fully saturated rings. The molecule has 1 aliphatic rings. The third-order valence-electron chi connectivity index (χ3n) is 3.61. The summed E-state index contributed by atoms with van der Waals surface area (Å²) >= 11 is 3.43. The zero-order valence-electron chi connectivity index (χ0n) is 11.6. The van der Waals surface area contributed by atoms with Crippen molar-refractivity contribution >= 4 is 28.0 Å². The Bertz CT molecular complexity index is 517. The number of aliphatic carboxylic acids is 1. The van der Waals surface area contributed by atoms with Crippen molar-refractivity contribution in [2.45, 2.75) is 32.6 Å². The van der Waals surface area contributed by atoms with Crippen LogP contribution < -0.4 is 4.74 Å². The van der Waals surface area contributed by atoms with Crippen LogP contribution in [0, 0.1) is 12.8 Å². The number of carboxylic acids is 1. The summed E-state index contributed by atoms with van der Waals surface area (Å²) in [7, 11) is 0. The molecule has 0 atom stereocenters. The lowest BCUT2D eigenvalue weighted by Gasteiger charge is -2.16. The van der Waals surface area contributed by atoms with Gasteiger partial charge >= 0.3 is 5.97 Å². The van der Waals surface area contributed by atoms with Crippen molar-refractivity contribution in [1.82, 2.24) is 0 Å². The van der Waals surface area contributed by atoms with Gasteiger partial charge in [0.15, 0.2) is 0 Å². The second-order valence-electron chi connectivity index (χ2n) is 5.27. The summed E-state index contributed by atoms with van der Waals surface area (Å²) in [6, 6.07) is 3.87. The summed E-state index contributed by atoms with van der Waals surface area (Å²) < 4.78 is 6.90. The van der Waals surface area contributed by atoms with Gasteiger partial charge in [0, 0.05) is 16.1 Å². The van der Waals surface area contributed by atoms with Crippen LogP contribution in [-0.4, -0.2) is 17.7 Å². The molecule has 1 N–H and O–H groups in total. The monoisotopic (exact) mass is 338 g/mol. The molecule has 0 heterocycles. The smallest absolute Gasteiger partial charge is 0.328 e. The van der Waals surface area contributed by atoms with Crippen LogP contribution in [0.3, 0.4) is 0 Å². The maximum Gasteiger partial charge on any atom is 0.328 e. The third-order valence-corrected chi connectivity index (χ3v) is 4.07. The maximum absolute atomic E-state index is 10.7. The predicted molar refractivity (Wildman–Crippen MR) is 83.0 cm³/mol. The second kappa shape index (κ2) is 6.93. The Morgan fingerprint density at radius 2 is 2.15 bits per heavy atom. The minimum atomic E-state index is -0.954. The van der Waals surface area contributed by atoms with E-state index in [1.54, 1.807) is 6.08 Å². The lowest BCUT2D eigenvalue weighted by Crippen LogP contribution is -2.09. The molecule has 0 saturated heterocycles. The number of rotatable bonds is 5. The van der Waals surface area contributed by atoms with Crippen LogP contribution in [0.4, 0.5) is 0 Å². The molecule has 1 aromatic carbocycles. The molecule has 0 radical (unpaired) electrons. The van der Waals surface area contributed by atoms with Crippen molar-refractivity contribution in [3.05, 3.63) is 33.8 Å². The molecular weight excluding hydrogens is 320 g/mol. The fourth-order valence-electron chi connectivity index (χ4n) is 2.62. The van der Waals surface area contributed by atoms with E-state index in [2.05, 4.69) is 15.9 Å². The Morgan fingerprint density at radius 3 is 2.80 bits per heavy atom. The molecule has 108 valence electrons.